The van der Waals surface area contributed by atoms with E-state index in [0.717, 1.165) is 37.7 Å². The molecule has 0 radical (unpaired) electrons. The maximum absolute atomic E-state index is 12.7. The standard InChI is InChI=1S/C15H19ClN2OS/c1-10-6-5-7-11(16)12(10)18-14(19)15(13(17)20)8-3-2-4-9-15/h5-7H,2-4,8-9H2,1H3,(H2,17,20)(H,18,19). The average Bonchev–Trinajstić information content (AvgIpc) is 2.43. The van der Waals surface area contributed by atoms with Crippen LogP contribution in [0.4, 0.5) is 5.69 Å². The molecule has 1 aromatic carbocycles. The van der Waals surface area contributed by atoms with Crippen molar-refractivity contribution in [1.82, 2.24) is 0 Å². The highest BCUT2D eigenvalue weighted by atomic mass is 35.5. The van der Waals surface area contributed by atoms with Crippen molar-refractivity contribution in [3.63, 3.8) is 0 Å². The van der Waals surface area contributed by atoms with Crippen LogP contribution in [0.2, 0.25) is 5.02 Å². The highest BCUT2D eigenvalue weighted by Crippen LogP contribution is 2.38. The van der Waals surface area contributed by atoms with E-state index in [2.05, 4.69) is 5.32 Å². The first-order chi connectivity index (χ1) is 9.47. The first-order valence-electron chi connectivity index (χ1n) is 6.84. The third-order valence-electron chi connectivity index (χ3n) is 4.07. The minimum absolute atomic E-state index is 0.124. The largest absolute Gasteiger partial charge is 0.392 e. The summed E-state index contributed by atoms with van der Waals surface area (Å²) in [5, 5.41) is 3.47. The molecule has 3 N–H and O–H groups in total. The molecule has 0 aliphatic heterocycles. The number of thiocarbonyl (C=S) groups is 1. The highest BCUT2D eigenvalue weighted by molar-refractivity contribution is 7.80. The monoisotopic (exact) mass is 310 g/mol. The summed E-state index contributed by atoms with van der Waals surface area (Å²) in [6.07, 6.45) is 4.52. The lowest BCUT2D eigenvalue weighted by Crippen LogP contribution is -2.47. The normalized spacial score (nSPS) is 17.5. The van der Waals surface area contributed by atoms with Gasteiger partial charge in [-0.1, -0.05) is 55.2 Å². The first-order valence-corrected chi connectivity index (χ1v) is 7.62. The van der Waals surface area contributed by atoms with Crippen molar-refractivity contribution in [2.75, 3.05) is 5.32 Å². The fourth-order valence-electron chi connectivity index (χ4n) is 2.76. The number of carbonyl (C=O) groups excluding carboxylic acids is 1. The van der Waals surface area contributed by atoms with Crippen molar-refractivity contribution in [1.29, 1.82) is 0 Å². The number of para-hydroxylation sites is 1. The topological polar surface area (TPSA) is 55.1 Å². The zero-order chi connectivity index (χ0) is 14.8. The number of anilines is 1. The van der Waals surface area contributed by atoms with Crippen molar-refractivity contribution < 1.29 is 4.79 Å². The van der Waals surface area contributed by atoms with E-state index in [9.17, 15) is 4.79 Å². The van der Waals surface area contributed by atoms with Crippen molar-refractivity contribution in [2.24, 2.45) is 11.1 Å². The van der Waals surface area contributed by atoms with E-state index in [-0.39, 0.29) is 5.91 Å². The van der Waals surface area contributed by atoms with Gasteiger partial charge in [-0.2, -0.15) is 0 Å². The van der Waals surface area contributed by atoms with Gasteiger partial charge in [0.15, 0.2) is 0 Å². The second-order valence-electron chi connectivity index (χ2n) is 5.39. The summed E-state index contributed by atoms with van der Waals surface area (Å²) >= 11 is 11.3. The number of carbonyl (C=O) groups is 1. The molecule has 108 valence electrons. The summed E-state index contributed by atoms with van der Waals surface area (Å²) < 4.78 is 0. The molecule has 1 fully saturated rings. The van der Waals surface area contributed by atoms with E-state index >= 15 is 0 Å². The van der Waals surface area contributed by atoms with E-state index < -0.39 is 5.41 Å². The van der Waals surface area contributed by atoms with Gasteiger partial charge in [-0.25, -0.2) is 0 Å². The molecule has 1 aliphatic carbocycles. The van der Waals surface area contributed by atoms with E-state index in [1.807, 2.05) is 19.1 Å². The number of benzene rings is 1. The summed E-state index contributed by atoms with van der Waals surface area (Å²) in [6.45, 7) is 1.91. The van der Waals surface area contributed by atoms with Gasteiger partial charge in [0.25, 0.3) is 0 Å². The molecule has 0 atom stereocenters. The lowest BCUT2D eigenvalue weighted by molar-refractivity contribution is -0.123. The van der Waals surface area contributed by atoms with Gasteiger partial charge in [0, 0.05) is 0 Å². The van der Waals surface area contributed by atoms with Crippen LogP contribution in [0.15, 0.2) is 18.2 Å². The molecule has 5 heteroatoms. The number of nitrogens with two attached hydrogens (primary N) is 1. The van der Waals surface area contributed by atoms with Gasteiger partial charge < -0.3 is 11.1 Å². The van der Waals surface area contributed by atoms with E-state index in [1.54, 1.807) is 6.07 Å². The summed E-state index contributed by atoms with van der Waals surface area (Å²) in [5.41, 5.74) is 6.73. The SMILES string of the molecule is Cc1cccc(Cl)c1NC(=O)C1(C(N)=S)CCCCC1. The molecular formula is C15H19ClN2OS. The minimum Gasteiger partial charge on any atom is -0.392 e. The van der Waals surface area contributed by atoms with Crippen LogP contribution in [0.25, 0.3) is 0 Å². The molecule has 1 aromatic rings. The number of halogens is 1. The van der Waals surface area contributed by atoms with Crippen LogP contribution in [-0.2, 0) is 4.79 Å². The molecule has 3 nitrogen and oxygen atoms in total. The molecule has 20 heavy (non-hydrogen) atoms. The zero-order valence-electron chi connectivity index (χ0n) is 11.5. The van der Waals surface area contributed by atoms with Crippen LogP contribution in [0.3, 0.4) is 0 Å². The Morgan fingerprint density at radius 2 is 2.00 bits per heavy atom. The Bertz CT molecular complexity index is 518. The molecule has 1 amide bonds. The molecule has 2 rings (SSSR count). The highest BCUT2D eigenvalue weighted by Gasteiger charge is 2.42. The van der Waals surface area contributed by atoms with Crippen molar-refractivity contribution in [3.05, 3.63) is 28.8 Å². The molecular weight excluding hydrogens is 292 g/mol. The lowest BCUT2D eigenvalue weighted by Gasteiger charge is -2.35. The molecule has 0 spiro atoms. The first kappa shape index (κ1) is 15.3. The van der Waals surface area contributed by atoms with Crippen molar-refractivity contribution >= 4 is 40.4 Å². The number of hydrogen-bond acceptors (Lipinski definition) is 2. The van der Waals surface area contributed by atoms with E-state index in [0.29, 0.717) is 15.7 Å². The maximum atomic E-state index is 12.7. The van der Waals surface area contributed by atoms with Crippen LogP contribution in [-0.4, -0.2) is 10.9 Å². The summed E-state index contributed by atoms with van der Waals surface area (Å²) in [4.78, 5) is 13.0. The molecule has 1 saturated carbocycles. The zero-order valence-corrected chi connectivity index (χ0v) is 13.1. The summed E-state index contributed by atoms with van der Waals surface area (Å²) in [5.74, 6) is -0.124. The van der Waals surface area contributed by atoms with Gasteiger partial charge >= 0.3 is 0 Å². The molecule has 0 saturated heterocycles. The predicted molar refractivity (Wildman–Crippen MR) is 87.1 cm³/mol. The third kappa shape index (κ3) is 2.81. The Hall–Kier alpha value is -1.13. The Kier molecular flexibility index (Phi) is 4.66. The summed E-state index contributed by atoms with van der Waals surface area (Å²) in [7, 11) is 0. The molecule has 0 aromatic heterocycles. The molecule has 0 unspecified atom stereocenters. The van der Waals surface area contributed by atoms with Crippen molar-refractivity contribution in [3.8, 4) is 0 Å². The Balaban J connectivity index is 2.28. The van der Waals surface area contributed by atoms with Gasteiger partial charge in [0.05, 0.1) is 21.1 Å². The second kappa shape index (κ2) is 6.10. The molecule has 0 heterocycles. The van der Waals surface area contributed by atoms with Gasteiger partial charge in [0.1, 0.15) is 0 Å². The fraction of sp³-hybridized carbons (Fsp3) is 0.467. The van der Waals surface area contributed by atoms with E-state index in [4.69, 9.17) is 29.6 Å². The number of amides is 1. The van der Waals surface area contributed by atoms with Crippen LogP contribution in [0, 0.1) is 12.3 Å². The maximum Gasteiger partial charge on any atom is 0.237 e. The quantitative estimate of drug-likeness (QED) is 0.834. The van der Waals surface area contributed by atoms with Gasteiger partial charge in [-0.3, -0.25) is 4.79 Å². The minimum atomic E-state index is -0.723. The van der Waals surface area contributed by atoms with Crippen LogP contribution in [0.1, 0.15) is 37.7 Å². The molecule has 1 aliphatic rings. The smallest absolute Gasteiger partial charge is 0.237 e. The van der Waals surface area contributed by atoms with Crippen molar-refractivity contribution in [2.45, 2.75) is 39.0 Å². The van der Waals surface area contributed by atoms with Gasteiger partial charge in [-0.05, 0) is 31.4 Å². The Morgan fingerprint density at radius 1 is 1.35 bits per heavy atom. The Labute approximate surface area is 129 Å². The predicted octanol–water partition coefficient (Wildman–Crippen LogP) is 3.82. The molecule has 0 bridgehead atoms. The van der Waals surface area contributed by atoms with Gasteiger partial charge in [-0.15, -0.1) is 0 Å². The average molecular weight is 311 g/mol. The number of nitrogens with one attached hydrogen (secondary N) is 1. The number of aryl methyl sites for hydroxylation is 1. The van der Waals surface area contributed by atoms with Crippen LogP contribution >= 0.6 is 23.8 Å². The Morgan fingerprint density at radius 3 is 2.55 bits per heavy atom. The second-order valence-corrected chi connectivity index (χ2v) is 6.24. The summed E-state index contributed by atoms with van der Waals surface area (Å²) in [6, 6.07) is 5.53. The van der Waals surface area contributed by atoms with Crippen LogP contribution in [0.5, 0.6) is 0 Å². The van der Waals surface area contributed by atoms with Gasteiger partial charge in [0.2, 0.25) is 5.91 Å². The third-order valence-corrected chi connectivity index (χ3v) is 4.78. The lowest BCUT2D eigenvalue weighted by atomic mass is 9.73. The van der Waals surface area contributed by atoms with Crippen LogP contribution < -0.4 is 11.1 Å². The fourth-order valence-corrected chi connectivity index (χ4v) is 3.33. The van der Waals surface area contributed by atoms with E-state index in [1.165, 1.54) is 0 Å². The number of rotatable bonds is 3. The number of hydrogen-bond donors (Lipinski definition) is 2.